The van der Waals surface area contributed by atoms with Crippen molar-refractivity contribution in [2.45, 2.75) is 78.4 Å². The summed E-state index contributed by atoms with van der Waals surface area (Å²) in [6.45, 7) is 12.5. The number of aliphatic carboxylic acids is 1. The van der Waals surface area contributed by atoms with Crippen molar-refractivity contribution in [1.29, 1.82) is 0 Å². The molecule has 0 saturated carbocycles. The molecule has 0 aliphatic carbocycles. The first-order valence-corrected chi connectivity index (χ1v) is 11.5. The van der Waals surface area contributed by atoms with Crippen molar-refractivity contribution in [3.8, 4) is 5.75 Å². The van der Waals surface area contributed by atoms with Crippen molar-refractivity contribution >= 4 is 16.7 Å². The summed E-state index contributed by atoms with van der Waals surface area (Å²) in [4.78, 5) is 16.3. The number of aromatic nitrogens is 1. The van der Waals surface area contributed by atoms with Gasteiger partial charge in [0.15, 0.2) is 12.0 Å². The molecule has 0 aliphatic rings. The van der Waals surface area contributed by atoms with Crippen LogP contribution in [0, 0.1) is 6.92 Å². The van der Waals surface area contributed by atoms with Crippen molar-refractivity contribution in [2.24, 2.45) is 0 Å². The van der Waals surface area contributed by atoms with Crippen LogP contribution in [0.5, 0.6) is 5.75 Å². The zero-order valence-electron chi connectivity index (χ0n) is 20.5. The van der Waals surface area contributed by atoms with E-state index in [1.165, 1.54) is 0 Å². The molecule has 0 saturated heterocycles. The number of carboxylic acids is 1. The van der Waals surface area contributed by atoms with Gasteiger partial charge in [-0.15, -0.1) is 0 Å². The number of benzene rings is 2. The van der Waals surface area contributed by atoms with E-state index in [-0.39, 0.29) is 11.5 Å². The van der Waals surface area contributed by atoms with E-state index in [2.05, 4.69) is 25.8 Å². The summed E-state index contributed by atoms with van der Waals surface area (Å²) in [7, 11) is 0. The minimum atomic E-state index is -0.953. The van der Waals surface area contributed by atoms with Crippen LogP contribution in [-0.2, 0) is 27.8 Å². The van der Waals surface area contributed by atoms with Crippen LogP contribution in [0.2, 0.25) is 0 Å². The Labute approximate surface area is 195 Å². The highest BCUT2D eigenvalue weighted by molar-refractivity contribution is 5.91. The van der Waals surface area contributed by atoms with Crippen LogP contribution in [0.3, 0.4) is 0 Å². The normalized spacial score (nSPS) is 12.9. The SMILES string of the molecule is Cc1oc(C(C)(C)C)nc1CCCOc1ccc(CC(OC(C)C)C(=O)O)c2ccccc12. The minimum Gasteiger partial charge on any atom is -0.493 e. The summed E-state index contributed by atoms with van der Waals surface area (Å²) >= 11 is 0. The van der Waals surface area contributed by atoms with Crippen molar-refractivity contribution in [1.82, 2.24) is 4.98 Å². The van der Waals surface area contributed by atoms with Gasteiger partial charge in [0.1, 0.15) is 11.5 Å². The van der Waals surface area contributed by atoms with Crippen LogP contribution < -0.4 is 4.74 Å². The zero-order valence-corrected chi connectivity index (χ0v) is 20.5. The first-order chi connectivity index (χ1) is 15.6. The second kappa shape index (κ2) is 10.4. The molecule has 3 aromatic rings. The molecule has 1 atom stereocenters. The number of ether oxygens (including phenoxy) is 2. The lowest BCUT2D eigenvalue weighted by Gasteiger charge is -2.18. The Balaban J connectivity index is 1.69. The Morgan fingerprint density at radius 3 is 2.42 bits per heavy atom. The molecule has 178 valence electrons. The van der Waals surface area contributed by atoms with E-state index in [0.29, 0.717) is 13.0 Å². The van der Waals surface area contributed by atoms with Gasteiger partial charge >= 0.3 is 5.97 Å². The molecular weight excluding hydrogens is 418 g/mol. The molecule has 1 aromatic heterocycles. The molecule has 1 unspecified atom stereocenters. The lowest BCUT2D eigenvalue weighted by atomic mass is 9.97. The summed E-state index contributed by atoms with van der Waals surface area (Å²) in [5, 5.41) is 11.5. The van der Waals surface area contributed by atoms with E-state index in [0.717, 1.165) is 52.3 Å². The smallest absolute Gasteiger partial charge is 0.333 e. The van der Waals surface area contributed by atoms with Crippen LogP contribution in [0.4, 0.5) is 0 Å². The second-order valence-electron chi connectivity index (χ2n) is 9.71. The molecule has 3 rings (SSSR count). The molecule has 0 aliphatic heterocycles. The predicted molar refractivity (Wildman–Crippen MR) is 129 cm³/mol. The summed E-state index contributed by atoms with van der Waals surface area (Å²) in [6, 6.07) is 11.8. The van der Waals surface area contributed by atoms with E-state index in [1.807, 2.05) is 57.2 Å². The Morgan fingerprint density at radius 2 is 1.82 bits per heavy atom. The van der Waals surface area contributed by atoms with E-state index in [9.17, 15) is 9.90 Å². The topological polar surface area (TPSA) is 81.8 Å². The van der Waals surface area contributed by atoms with Crippen LogP contribution in [0.25, 0.3) is 10.8 Å². The predicted octanol–water partition coefficient (Wildman–Crippen LogP) is 5.87. The Morgan fingerprint density at radius 1 is 1.12 bits per heavy atom. The van der Waals surface area contributed by atoms with Gasteiger partial charge in [0.2, 0.25) is 0 Å². The highest BCUT2D eigenvalue weighted by Crippen LogP contribution is 2.30. The fourth-order valence-electron chi connectivity index (χ4n) is 3.76. The van der Waals surface area contributed by atoms with E-state index < -0.39 is 12.1 Å². The van der Waals surface area contributed by atoms with Crippen LogP contribution in [-0.4, -0.2) is 34.9 Å². The van der Waals surface area contributed by atoms with Gasteiger partial charge < -0.3 is 19.0 Å². The van der Waals surface area contributed by atoms with Crippen LogP contribution in [0.1, 0.15) is 63.9 Å². The Kier molecular flexibility index (Phi) is 7.80. The van der Waals surface area contributed by atoms with Crippen molar-refractivity contribution in [2.75, 3.05) is 6.61 Å². The summed E-state index contributed by atoms with van der Waals surface area (Å²) in [6.07, 6.45) is 0.858. The third-order valence-electron chi connectivity index (χ3n) is 5.44. The van der Waals surface area contributed by atoms with Crippen LogP contribution >= 0.6 is 0 Å². The zero-order chi connectivity index (χ0) is 24.2. The Bertz CT molecular complexity index is 1090. The number of nitrogens with zero attached hydrogens (tertiary/aromatic N) is 1. The van der Waals surface area contributed by atoms with Gasteiger partial charge in [-0.2, -0.15) is 0 Å². The van der Waals surface area contributed by atoms with Gasteiger partial charge in [-0.25, -0.2) is 9.78 Å². The van der Waals surface area contributed by atoms with Crippen molar-refractivity contribution in [3.05, 3.63) is 59.3 Å². The molecule has 33 heavy (non-hydrogen) atoms. The van der Waals surface area contributed by atoms with Gasteiger partial charge in [0, 0.05) is 17.2 Å². The van der Waals surface area contributed by atoms with E-state index >= 15 is 0 Å². The highest BCUT2D eigenvalue weighted by atomic mass is 16.5. The highest BCUT2D eigenvalue weighted by Gasteiger charge is 2.23. The largest absolute Gasteiger partial charge is 0.493 e. The number of hydrogen-bond acceptors (Lipinski definition) is 5. The van der Waals surface area contributed by atoms with E-state index in [4.69, 9.17) is 13.9 Å². The van der Waals surface area contributed by atoms with Gasteiger partial charge in [-0.05, 0) is 50.6 Å². The van der Waals surface area contributed by atoms with Gasteiger partial charge in [0.05, 0.1) is 18.4 Å². The standard InChI is InChI=1S/C27H35NO5/c1-17(2)32-24(25(29)30)16-19-13-14-23(21-11-8-7-10-20(19)21)31-15-9-12-22-18(3)33-26(28-22)27(4,5)6/h7-8,10-11,13-14,17,24H,9,12,15-16H2,1-6H3,(H,29,30). The third-order valence-corrected chi connectivity index (χ3v) is 5.44. The molecule has 0 bridgehead atoms. The lowest BCUT2D eigenvalue weighted by molar-refractivity contribution is -0.153. The second-order valence-corrected chi connectivity index (χ2v) is 9.71. The van der Waals surface area contributed by atoms with Crippen LogP contribution in [0.15, 0.2) is 40.8 Å². The summed E-state index contributed by atoms with van der Waals surface area (Å²) in [5.74, 6) is 1.47. The quantitative estimate of drug-likeness (QED) is 0.387. The maximum atomic E-state index is 11.7. The molecule has 1 N–H and O–H groups in total. The van der Waals surface area contributed by atoms with Crippen molar-refractivity contribution < 1.29 is 23.8 Å². The molecule has 2 aromatic carbocycles. The number of oxazole rings is 1. The average Bonchev–Trinajstić information content (AvgIpc) is 3.12. The molecule has 0 radical (unpaired) electrons. The minimum absolute atomic E-state index is 0.111. The lowest BCUT2D eigenvalue weighted by Crippen LogP contribution is -2.29. The van der Waals surface area contributed by atoms with Gasteiger partial charge in [-0.1, -0.05) is 51.1 Å². The van der Waals surface area contributed by atoms with Gasteiger partial charge in [-0.3, -0.25) is 0 Å². The maximum Gasteiger partial charge on any atom is 0.333 e. The first-order valence-electron chi connectivity index (χ1n) is 11.5. The molecule has 6 nitrogen and oxygen atoms in total. The Hall–Kier alpha value is -2.86. The monoisotopic (exact) mass is 453 g/mol. The third kappa shape index (κ3) is 6.35. The number of fused-ring (bicyclic) bond motifs is 1. The molecule has 0 fully saturated rings. The average molecular weight is 454 g/mol. The fourth-order valence-corrected chi connectivity index (χ4v) is 3.76. The summed E-state index contributed by atoms with van der Waals surface area (Å²) in [5.41, 5.74) is 1.80. The number of aryl methyl sites for hydroxylation is 2. The number of carbonyl (C=O) groups is 1. The molecule has 1 heterocycles. The number of carboxylic acid groups (broad SMARTS) is 1. The first kappa shape index (κ1) is 24.8. The number of rotatable bonds is 10. The fraction of sp³-hybridized carbons (Fsp3) is 0.481. The van der Waals surface area contributed by atoms with E-state index in [1.54, 1.807) is 0 Å². The van der Waals surface area contributed by atoms with Crippen molar-refractivity contribution in [3.63, 3.8) is 0 Å². The molecule has 0 spiro atoms. The molecular formula is C27H35NO5. The molecule has 0 amide bonds. The molecule has 6 heteroatoms. The maximum absolute atomic E-state index is 11.7. The number of hydrogen-bond donors (Lipinski definition) is 1. The summed E-state index contributed by atoms with van der Waals surface area (Å²) < 4.78 is 17.6. The van der Waals surface area contributed by atoms with Gasteiger partial charge in [0.25, 0.3) is 0 Å².